The van der Waals surface area contributed by atoms with Crippen LogP contribution in [0.1, 0.15) is 80.6 Å². The van der Waals surface area contributed by atoms with Crippen LogP contribution in [0.25, 0.3) is 0 Å². The number of hydrogen-bond acceptors (Lipinski definition) is 7. The lowest BCUT2D eigenvalue weighted by molar-refractivity contribution is -0.145. The Labute approximate surface area is 245 Å². The van der Waals surface area contributed by atoms with Crippen molar-refractivity contribution in [1.82, 2.24) is 20.9 Å². The summed E-state index contributed by atoms with van der Waals surface area (Å²) < 4.78 is 11.4. The molecule has 1 heterocycles. The number of nitrogens with one attached hydrogen (secondary N) is 3. The summed E-state index contributed by atoms with van der Waals surface area (Å²) >= 11 is 0. The molecule has 1 saturated heterocycles. The highest BCUT2D eigenvalue weighted by Gasteiger charge is 2.69. The van der Waals surface area contributed by atoms with Crippen molar-refractivity contribution >= 4 is 23.8 Å². The summed E-state index contributed by atoms with van der Waals surface area (Å²) in [5.41, 5.74) is -0.908. The first-order valence-corrected chi connectivity index (χ1v) is 14.9. The molecule has 6 atom stereocenters. The molecule has 1 saturated carbocycles. The van der Waals surface area contributed by atoms with Gasteiger partial charge in [-0.3, -0.25) is 14.4 Å². The van der Waals surface area contributed by atoms with Crippen LogP contribution in [0.15, 0.2) is 12.7 Å². The first-order chi connectivity index (χ1) is 19.2. The number of rotatable bonds is 16. The van der Waals surface area contributed by atoms with Crippen molar-refractivity contribution in [2.24, 2.45) is 17.3 Å². The molecule has 1 unspecified atom stereocenters. The molecule has 0 bridgehead atoms. The first-order valence-electron chi connectivity index (χ1n) is 14.9. The number of ether oxygens (including phenoxy) is 2. The number of hydrogen-bond donors (Lipinski definition) is 4. The summed E-state index contributed by atoms with van der Waals surface area (Å²) in [7, 11) is 0. The summed E-state index contributed by atoms with van der Waals surface area (Å²) in [6, 6.07) is -1.87. The topological polar surface area (TPSA) is 146 Å². The van der Waals surface area contributed by atoms with Crippen molar-refractivity contribution in [2.75, 3.05) is 26.2 Å². The lowest BCUT2D eigenvalue weighted by atomic mass is 9.99. The predicted molar refractivity (Wildman–Crippen MR) is 156 cm³/mol. The Morgan fingerprint density at radius 1 is 1.12 bits per heavy atom. The number of alkyl carbamates (subject to hydrolysis) is 1. The number of nitrogens with zero attached hydrogens (tertiary/aromatic N) is 1. The maximum absolute atomic E-state index is 14.0. The van der Waals surface area contributed by atoms with Crippen LogP contribution in [-0.2, 0) is 23.9 Å². The Morgan fingerprint density at radius 2 is 1.78 bits per heavy atom. The second-order valence-corrected chi connectivity index (χ2v) is 12.8. The zero-order valence-corrected chi connectivity index (χ0v) is 26.0. The molecule has 11 heteroatoms. The predicted octanol–water partition coefficient (Wildman–Crippen LogP) is 2.52. The molecular formula is C30H52N4O7. The van der Waals surface area contributed by atoms with Crippen LogP contribution in [0.5, 0.6) is 0 Å². The molecule has 11 nitrogen and oxygen atoms in total. The molecule has 1 aliphatic carbocycles. The Kier molecular flexibility index (Phi) is 12.6. The summed E-state index contributed by atoms with van der Waals surface area (Å²) in [5, 5.41) is 18.0. The van der Waals surface area contributed by atoms with Gasteiger partial charge in [-0.15, -0.1) is 6.58 Å². The highest BCUT2D eigenvalue weighted by molar-refractivity contribution is 5.93. The van der Waals surface area contributed by atoms with Gasteiger partial charge in [0.2, 0.25) is 11.8 Å². The normalized spacial score (nSPS) is 23.0. The molecule has 41 heavy (non-hydrogen) atoms. The maximum Gasteiger partial charge on any atom is 0.408 e. The van der Waals surface area contributed by atoms with E-state index in [0.29, 0.717) is 13.2 Å². The van der Waals surface area contributed by atoms with Gasteiger partial charge in [-0.25, -0.2) is 4.79 Å². The highest BCUT2D eigenvalue weighted by atomic mass is 16.6. The average Bonchev–Trinajstić information content (AvgIpc) is 3.22. The minimum Gasteiger partial charge on any atom is -0.444 e. The quantitative estimate of drug-likeness (QED) is 0.162. The Bertz CT molecular complexity index is 932. The fourth-order valence-corrected chi connectivity index (χ4v) is 5.56. The largest absolute Gasteiger partial charge is 0.444 e. The van der Waals surface area contributed by atoms with Gasteiger partial charge in [-0.1, -0.05) is 52.5 Å². The minimum absolute atomic E-state index is 0.0878. The number of unbranched alkanes of at least 4 members (excludes halogenated alkanes) is 4. The second-order valence-electron chi connectivity index (χ2n) is 12.8. The number of piperidine rings is 1. The Hall–Kier alpha value is -2.66. The number of aliphatic hydroxyl groups is 1. The van der Waals surface area contributed by atoms with E-state index in [9.17, 15) is 24.3 Å². The first kappa shape index (κ1) is 34.5. The fourth-order valence-electron chi connectivity index (χ4n) is 5.56. The van der Waals surface area contributed by atoms with Crippen molar-refractivity contribution in [3.05, 3.63) is 12.7 Å². The van der Waals surface area contributed by atoms with Gasteiger partial charge in [0, 0.05) is 19.7 Å². The van der Waals surface area contributed by atoms with Gasteiger partial charge < -0.3 is 35.4 Å². The summed E-state index contributed by atoms with van der Waals surface area (Å²) in [5.74, 6) is -1.49. The van der Waals surface area contributed by atoms with E-state index in [1.807, 2.05) is 0 Å². The molecule has 0 radical (unpaired) electrons. The van der Waals surface area contributed by atoms with E-state index in [-0.39, 0.29) is 30.3 Å². The van der Waals surface area contributed by atoms with Gasteiger partial charge in [0.1, 0.15) is 23.8 Å². The summed E-state index contributed by atoms with van der Waals surface area (Å²) in [6.07, 6.45) is 3.90. The van der Waals surface area contributed by atoms with E-state index in [1.54, 1.807) is 27.7 Å². The zero-order chi connectivity index (χ0) is 31.0. The molecule has 0 aromatic rings. The van der Waals surface area contributed by atoms with E-state index < -0.39 is 53.7 Å². The lowest BCUT2D eigenvalue weighted by Crippen LogP contribution is -2.59. The number of amides is 4. The van der Waals surface area contributed by atoms with Crippen LogP contribution in [0.4, 0.5) is 4.79 Å². The molecule has 0 aromatic carbocycles. The van der Waals surface area contributed by atoms with Gasteiger partial charge in [0.05, 0.1) is 12.6 Å². The maximum atomic E-state index is 14.0. The Morgan fingerprint density at radius 3 is 2.39 bits per heavy atom. The van der Waals surface area contributed by atoms with Gasteiger partial charge >= 0.3 is 6.09 Å². The van der Waals surface area contributed by atoms with E-state index in [4.69, 9.17) is 9.47 Å². The third kappa shape index (κ3) is 9.70. The monoisotopic (exact) mass is 580 g/mol. The van der Waals surface area contributed by atoms with Gasteiger partial charge in [-0.05, 0) is 51.4 Å². The zero-order valence-electron chi connectivity index (χ0n) is 26.0. The number of likely N-dealkylation sites (tertiary alicyclic amines) is 1. The van der Waals surface area contributed by atoms with Crippen molar-refractivity contribution in [1.29, 1.82) is 0 Å². The smallest absolute Gasteiger partial charge is 0.408 e. The van der Waals surface area contributed by atoms with E-state index in [2.05, 4.69) is 43.3 Å². The number of fused-ring (bicyclic) bond motifs is 1. The van der Waals surface area contributed by atoms with Crippen molar-refractivity contribution in [3.8, 4) is 0 Å². The summed E-state index contributed by atoms with van der Waals surface area (Å²) in [6.45, 7) is 17.4. The minimum atomic E-state index is -1.44. The fraction of sp³-hybridized carbons (Fsp3) is 0.800. The molecule has 2 fully saturated rings. The van der Waals surface area contributed by atoms with Gasteiger partial charge in [0.25, 0.3) is 5.91 Å². The third-order valence-corrected chi connectivity index (χ3v) is 7.99. The molecule has 1 aliphatic heterocycles. The van der Waals surface area contributed by atoms with Gasteiger partial charge in [0.15, 0.2) is 0 Å². The van der Waals surface area contributed by atoms with E-state index in [0.717, 1.165) is 32.1 Å². The third-order valence-electron chi connectivity index (χ3n) is 7.99. The van der Waals surface area contributed by atoms with Crippen LogP contribution in [0.3, 0.4) is 0 Å². The molecular weight excluding hydrogens is 528 g/mol. The molecule has 4 N–H and O–H groups in total. The number of aliphatic hydroxyl groups excluding tert-OH is 1. The molecule has 0 spiro atoms. The van der Waals surface area contributed by atoms with E-state index >= 15 is 0 Å². The number of carbonyl (C=O) groups is 4. The van der Waals surface area contributed by atoms with Crippen molar-refractivity contribution in [2.45, 2.75) is 110 Å². The van der Waals surface area contributed by atoms with Crippen molar-refractivity contribution in [3.63, 3.8) is 0 Å². The van der Waals surface area contributed by atoms with Gasteiger partial charge in [-0.2, -0.15) is 0 Å². The van der Waals surface area contributed by atoms with Crippen LogP contribution in [0.2, 0.25) is 0 Å². The lowest BCUT2D eigenvalue weighted by Gasteiger charge is -2.35. The highest BCUT2D eigenvalue weighted by Crippen LogP contribution is 2.64. The average molecular weight is 581 g/mol. The summed E-state index contributed by atoms with van der Waals surface area (Å²) in [4.78, 5) is 53.7. The molecule has 234 valence electrons. The van der Waals surface area contributed by atoms with Crippen LogP contribution in [0, 0.1) is 17.3 Å². The second kappa shape index (κ2) is 15.0. The van der Waals surface area contributed by atoms with E-state index in [1.165, 1.54) is 11.0 Å². The van der Waals surface area contributed by atoms with Crippen LogP contribution in [-0.4, -0.2) is 90.0 Å². The molecule has 4 amide bonds. The van der Waals surface area contributed by atoms with Crippen molar-refractivity contribution < 1.29 is 33.8 Å². The standard InChI is InChI=1S/C30H52N4O7/c1-9-11-12-13-14-16-40-19(3)23(33-28(39)41-29(4,5)6)27(38)34-18-20-22(30(20,7)8)24(34)26(37)32-17-21(35)25(36)31-15-10-2/h10,19-24,35H,2,9,11-18H2,1,3-8H3,(H,31,36)(H,32,37)(H,33,39)/t19-,20-,21?,22-,23-,24-/m0/s1. The molecule has 2 aliphatic rings. The van der Waals surface area contributed by atoms with Crippen LogP contribution < -0.4 is 16.0 Å². The number of carbonyl (C=O) groups excluding carboxylic acids is 4. The molecule has 2 rings (SSSR count). The van der Waals surface area contributed by atoms with Crippen LogP contribution >= 0.6 is 0 Å². The Balaban J connectivity index is 2.16. The SMILES string of the molecule is C=CCNC(=O)C(O)CNC(=O)[C@@H]1[C@@H]2[C@H](CN1C(=O)[C@@H](NC(=O)OC(C)(C)C)[C@H](C)OCCCCCCC)C2(C)C. The molecule has 0 aromatic heterocycles.